The average molecular weight is 292 g/mol. The predicted molar refractivity (Wildman–Crippen MR) is 79.8 cm³/mol. The van der Waals surface area contributed by atoms with Crippen LogP contribution in [-0.4, -0.2) is 28.8 Å². The van der Waals surface area contributed by atoms with Crippen LogP contribution in [0.2, 0.25) is 0 Å². The Morgan fingerprint density at radius 3 is 2.76 bits per heavy atom. The van der Waals surface area contributed by atoms with Crippen LogP contribution in [0.5, 0.6) is 0 Å². The molecular formula is C14H20N4O3. The number of carbonyl (C=O) groups is 1. The maximum absolute atomic E-state index is 12.6. The third-order valence-electron chi connectivity index (χ3n) is 3.79. The largest absolute Gasteiger partial charge is 0.338 e. The van der Waals surface area contributed by atoms with Gasteiger partial charge in [0, 0.05) is 25.2 Å². The van der Waals surface area contributed by atoms with Crippen molar-refractivity contribution in [3.63, 3.8) is 0 Å². The summed E-state index contributed by atoms with van der Waals surface area (Å²) in [4.78, 5) is 24.8. The molecule has 0 atom stereocenters. The quantitative estimate of drug-likeness (QED) is 0.505. The van der Waals surface area contributed by atoms with Crippen molar-refractivity contribution in [1.29, 1.82) is 0 Å². The normalized spacial score (nSPS) is 17.4. The number of rotatable bonds is 3. The fraction of sp³-hybridized carbons (Fsp3) is 0.500. The first-order chi connectivity index (χ1) is 9.84. The molecule has 0 aliphatic carbocycles. The molecule has 0 radical (unpaired) electrons. The minimum Gasteiger partial charge on any atom is -0.338 e. The van der Waals surface area contributed by atoms with Crippen molar-refractivity contribution in [2.45, 2.75) is 26.7 Å². The van der Waals surface area contributed by atoms with E-state index in [1.54, 1.807) is 4.90 Å². The molecule has 1 aliphatic rings. The molecule has 0 aromatic heterocycles. The monoisotopic (exact) mass is 292 g/mol. The van der Waals surface area contributed by atoms with Crippen molar-refractivity contribution in [3.05, 3.63) is 33.9 Å². The number of benzene rings is 1. The van der Waals surface area contributed by atoms with E-state index in [2.05, 4.69) is 19.3 Å². The van der Waals surface area contributed by atoms with Crippen LogP contribution in [-0.2, 0) is 0 Å². The molecule has 3 N–H and O–H groups in total. The van der Waals surface area contributed by atoms with E-state index in [0.29, 0.717) is 18.8 Å². The Bertz CT molecular complexity index is 571. The Morgan fingerprint density at radius 2 is 2.19 bits per heavy atom. The summed E-state index contributed by atoms with van der Waals surface area (Å²) in [5, 5.41) is 10.9. The molecule has 0 unspecified atom stereocenters. The van der Waals surface area contributed by atoms with Crippen LogP contribution in [0.15, 0.2) is 18.2 Å². The Morgan fingerprint density at radius 1 is 1.48 bits per heavy atom. The van der Waals surface area contributed by atoms with Gasteiger partial charge in [-0.25, -0.2) is 0 Å². The van der Waals surface area contributed by atoms with Crippen LogP contribution in [0.1, 0.15) is 37.0 Å². The van der Waals surface area contributed by atoms with Gasteiger partial charge in [0.2, 0.25) is 0 Å². The Balaban J connectivity index is 2.33. The molecule has 7 heteroatoms. The molecule has 1 aromatic rings. The zero-order valence-electron chi connectivity index (χ0n) is 12.3. The number of nitrogens with zero attached hydrogens (tertiary/aromatic N) is 2. The number of hydrogen-bond acceptors (Lipinski definition) is 5. The van der Waals surface area contributed by atoms with Crippen LogP contribution in [0.25, 0.3) is 0 Å². The summed E-state index contributed by atoms with van der Waals surface area (Å²) in [6.45, 7) is 5.53. The summed E-state index contributed by atoms with van der Waals surface area (Å²) in [5.41, 5.74) is 3.01. The van der Waals surface area contributed by atoms with Gasteiger partial charge in [-0.2, -0.15) is 0 Å². The van der Waals surface area contributed by atoms with Crippen LogP contribution < -0.4 is 11.3 Å². The molecule has 1 saturated heterocycles. The van der Waals surface area contributed by atoms with E-state index in [4.69, 9.17) is 5.84 Å². The lowest BCUT2D eigenvalue weighted by Gasteiger charge is -2.38. The highest BCUT2D eigenvalue weighted by molar-refractivity contribution is 6.00. The van der Waals surface area contributed by atoms with Gasteiger partial charge in [0.15, 0.2) is 0 Å². The fourth-order valence-corrected chi connectivity index (χ4v) is 2.72. The molecule has 21 heavy (non-hydrogen) atoms. The standard InChI is InChI=1S/C14H20N4O3/c1-14(2)6-3-7-17(9-14)13(19)11-8-10(18(20)21)4-5-12(11)16-15/h4-5,8,16H,3,6-7,9,15H2,1-2H3. The third-order valence-corrected chi connectivity index (χ3v) is 3.79. The van der Waals surface area contributed by atoms with E-state index in [-0.39, 0.29) is 22.6 Å². The summed E-state index contributed by atoms with van der Waals surface area (Å²) in [6, 6.07) is 4.06. The van der Waals surface area contributed by atoms with Crippen LogP contribution >= 0.6 is 0 Å². The summed E-state index contributed by atoms with van der Waals surface area (Å²) in [7, 11) is 0. The number of nitro benzene ring substituents is 1. The summed E-state index contributed by atoms with van der Waals surface area (Å²) < 4.78 is 0. The molecule has 1 aromatic carbocycles. The smallest absolute Gasteiger partial charge is 0.270 e. The molecule has 0 saturated carbocycles. The number of amides is 1. The number of nitrogens with two attached hydrogens (primary N) is 1. The molecule has 0 bridgehead atoms. The number of non-ortho nitro benzene ring substituents is 1. The lowest BCUT2D eigenvalue weighted by atomic mass is 9.84. The molecule has 1 aliphatic heterocycles. The van der Waals surface area contributed by atoms with Gasteiger partial charge in [-0.1, -0.05) is 13.8 Å². The number of anilines is 1. The van der Waals surface area contributed by atoms with Gasteiger partial charge in [-0.05, 0) is 24.3 Å². The lowest BCUT2D eigenvalue weighted by molar-refractivity contribution is -0.384. The molecule has 2 rings (SSSR count). The number of carbonyl (C=O) groups excluding carboxylic acids is 1. The molecule has 114 valence electrons. The number of piperidine rings is 1. The lowest BCUT2D eigenvalue weighted by Crippen LogP contribution is -2.43. The second kappa shape index (κ2) is 5.69. The number of likely N-dealkylation sites (tertiary alicyclic amines) is 1. The van der Waals surface area contributed by atoms with Crippen molar-refractivity contribution in [2.75, 3.05) is 18.5 Å². The van der Waals surface area contributed by atoms with Crippen LogP contribution in [0.3, 0.4) is 0 Å². The Kier molecular flexibility index (Phi) is 4.13. The average Bonchev–Trinajstić information content (AvgIpc) is 2.44. The van der Waals surface area contributed by atoms with Crippen molar-refractivity contribution in [3.8, 4) is 0 Å². The highest BCUT2D eigenvalue weighted by Gasteiger charge is 2.31. The van der Waals surface area contributed by atoms with Crippen LogP contribution in [0, 0.1) is 15.5 Å². The summed E-state index contributed by atoms with van der Waals surface area (Å²) >= 11 is 0. The zero-order valence-corrected chi connectivity index (χ0v) is 12.3. The molecule has 1 fully saturated rings. The molecular weight excluding hydrogens is 272 g/mol. The van der Waals surface area contributed by atoms with E-state index in [1.165, 1.54) is 18.2 Å². The van der Waals surface area contributed by atoms with E-state index in [0.717, 1.165) is 12.8 Å². The number of hydrogen-bond donors (Lipinski definition) is 2. The van der Waals surface area contributed by atoms with Crippen molar-refractivity contribution in [2.24, 2.45) is 11.3 Å². The topological polar surface area (TPSA) is 102 Å². The van der Waals surface area contributed by atoms with Crippen LogP contribution in [0.4, 0.5) is 11.4 Å². The van der Waals surface area contributed by atoms with Gasteiger partial charge in [0.25, 0.3) is 11.6 Å². The summed E-state index contributed by atoms with van der Waals surface area (Å²) in [5.74, 6) is 5.18. The van der Waals surface area contributed by atoms with E-state index in [1.807, 2.05) is 0 Å². The second-order valence-corrected chi connectivity index (χ2v) is 6.13. The first-order valence-corrected chi connectivity index (χ1v) is 6.88. The SMILES string of the molecule is CC1(C)CCCN(C(=O)c2cc([N+](=O)[O-])ccc2NN)C1. The van der Waals surface area contributed by atoms with Gasteiger partial charge in [-0.3, -0.25) is 20.8 Å². The molecule has 0 spiro atoms. The summed E-state index contributed by atoms with van der Waals surface area (Å²) in [6.07, 6.45) is 1.99. The molecule has 7 nitrogen and oxygen atoms in total. The van der Waals surface area contributed by atoms with E-state index < -0.39 is 4.92 Å². The number of nitrogens with one attached hydrogen (secondary N) is 1. The highest BCUT2D eigenvalue weighted by atomic mass is 16.6. The van der Waals surface area contributed by atoms with Crippen molar-refractivity contribution < 1.29 is 9.72 Å². The minimum absolute atomic E-state index is 0.0604. The maximum atomic E-state index is 12.6. The minimum atomic E-state index is -0.517. The van der Waals surface area contributed by atoms with E-state index in [9.17, 15) is 14.9 Å². The maximum Gasteiger partial charge on any atom is 0.270 e. The van der Waals surface area contributed by atoms with Crippen molar-refractivity contribution in [1.82, 2.24) is 4.90 Å². The number of hydrazine groups is 1. The first-order valence-electron chi connectivity index (χ1n) is 6.88. The Labute approximate surface area is 123 Å². The fourth-order valence-electron chi connectivity index (χ4n) is 2.72. The van der Waals surface area contributed by atoms with Gasteiger partial charge in [0.1, 0.15) is 0 Å². The predicted octanol–water partition coefficient (Wildman–Crippen LogP) is 2.14. The van der Waals surface area contributed by atoms with Gasteiger partial charge < -0.3 is 10.3 Å². The van der Waals surface area contributed by atoms with Gasteiger partial charge in [-0.15, -0.1) is 0 Å². The zero-order chi connectivity index (χ0) is 15.6. The van der Waals surface area contributed by atoms with Gasteiger partial charge >= 0.3 is 0 Å². The van der Waals surface area contributed by atoms with Gasteiger partial charge in [0.05, 0.1) is 16.2 Å². The number of nitro groups is 1. The van der Waals surface area contributed by atoms with E-state index >= 15 is 0 Å². The molecule has 1 heterocycles. The number of nitrogen functional groups attached to an aromatic ring is 1. The first kappa shape index (κ1) is 15.2. The molecule has 1 amide bonds. The Hall–Kier alpha value is -2.15. The highest BCUT2D eigenvalue weighted by Crippen LogP contribution is 2.31. The van der Waals surface area contributed by atoms with Crippen molar-refractivity contribution >= 4 is 17.3 Å². The second-order valence-electron chi connectivity index (χ2n) is 6.13. The third kappa shape index (κ3) is 3.30.